The van der Waals surface area contributed by atoms with Gasteiger partial charge in [0, 0.05) is 0 Å². The van der Waals surface area contributed by atoms with Crippen molar-refractivity contribution in [2.45, 2.75) is 0 Å². The van der Waals surface area contributed by atoms with Gasteiger partial charge in [0.05, 0.1) is 0 Å². The van der Waals surface area contributed by atoms with Crippen molar-refractivity contribution in [3.63, 3.8) is 0 Å². The minimum atomic E-state index is -1.36. The summed E-state index contributed by atoms with van der Waals surface area (Å²) in [7, 11) is 0. The number of rotatable bonds is 6. The van der Waals surface area contributed by atoms with Crippen LogP contribution in [0.15, 0.2) is 106 Å². The van der Waals surface area contributed by atoms with Crippen molar-refractivity contribution in [2.24, 2.45) is 0 Å². The van der Waals surface area contributed by atoms with Crippen LogP contribution in [0, 0.1) is 0 Å². The van der Waals surface area contributed by atoms with E-state index < -0.39 is 14.7 Å². The Labute approximate surface area is 155 Å². The van der Waals surface area contributed by atoms with E-state index in [0.29, 0.717) is 0 Å². The van der Waals surface area contributed by atoms with Gasteiger partial charge in [-0.1, -0.05) is 0 Å². The Kier molecular flexibility index (Phi) is 6.68. The molecule has 0 N–H and O–H groups in total. The van der Waals surface area contributed by atoms with E-state index in [0.717, 1.165) is 0 Å². The van der Waals surface area contributed by atoms with Gasteiger partial charge >= 0.3 is 155 Å². The van der Waals surface area contributed by atoms with E-state index >= 15 is 0 Å². The van der Waals surface area contributed by atoms with Gasteiger partial charge in [0.25, 0.3) is 0 Å². The van der Waals surface area contributed by atoms with Crippen molar-refractivity contribution >= 4 is 32.9 Å². The van der Waals surface area contributed by atoms with Crippen molar-refractivity contribution in [3.8, 4) is 0 Å². The molecule has 0 atom stereocenters. The Morgan fingerprint density at radius 1 is 0.400 bits per heavy atom. The van der Waals surface area contributed by atoms with Crippen LogP contribution in [0.2, 0.25) is 0 Å². The number of hydrogen-bond donors (Lipinski definition) is 0. The van der Waals surface area contributed by atoms with Gasteiger partial charge in [-0.2, -0.15) is 0 Å². The Balaban J connectivity index is 1.79. The zero-order chi connectivity index (χ0) is 17.2. The third-order valence-electron chi connectivity index (χ3n) is 3.72. The van der Waals surface area contributed by atoms with Gasteiger partial charge in [0.2, 0.25) is 0 Å². The van der Waals surface area contributed by atoms with Crippen molar-refractivity contribution in [2.75, 3.05) is 0 Å². The van der Waals surface area contributed by atoms with Crippen LogP contribution in [0.4, 0.5) is 0 Å². The van der Waals surface area contributed by atoms with Gasteiger partial charge in [-0.25, -0.2) is 0 Å². The summed E-state index contributed by atoms with van der Waals surface area (Å²) in [5, 5.41) is 0. The van der Waals surface area contributed by atoms with Crippen molar-refractivity contribution in [1.82, 2.24) is 0 Å². The van der Waals surface area contributed by atoms with Crippen LogP contribution in [-0.2, 0) is 0 Å². The molecule has 0 nitrogen and oxygen atoms in total. The van der Waals surface area contributed by atoms with Gasteiger partial charge in [0.15, 0.2) is 0 Å². The molecule has 0 aliphatic rings. The Morgan fingerprint density at radius 2 is 0.680 bits per heavy atom. The SMILES string of the molecule is C(=C[As](C=Cc1ccccc1)C=Cc1ccccc1)c1ccccc1. The first-order chi connectivity index (χ1) is 12.4. The summed E-state index contributed by atoms with van der Waals surface area (Å²) < 4.78 is 0. The predicted octanol–water partition coefficient (Wildman–Crippen LogP) is 6.24. The third-order valence-corrected chi connectivity index (χ3v) is 6.82. The van der Waals surface area contributed by atoms with E-state index in [-0.39, 0.29) is 0 Å². The van der Waals surface area contributed by atoms with Gasteiger partial charge < -0.3 is 0 Å². The average Bonchev–Trinajstić information content (AvgIpc) is 2.70. The molecule has 3 aromatic rings. The average molecular weight is 384 g/mol. The van der Waals surface area contributed by atoms with Crippen molar-refractivity contribution in [3.05, 3.63) is 122 Å². The molecule has 122 valence electrons. The molecule has 0 fully saturated rings. The summed E-state index contributed by atoms with van der Waals surface area (Å²) in [5.74, 6) is 0. The standard InChI is InChI=1S/C24H21As/c1-4-10-22(11-5-1)16-19-25(20-17-23-12-6-2-7-13-23)21-18-24-14-8-3-9-15-24/h1-21H. The van der Waals surface area contributed by atoms with Crippen LogP contribution < -0.4 is 0 Å². The van der Waals surface area contributed by atoms with Crippen LogP contribution in [0.25, 0.3) is 18.2 Å². The molecule has 0 aromatic heterocycles. The van der Waals surface area contributed by atoms with Crippen molar-refractivity contribution < 1.29 is 0 Å². The zero-order valence-corrected chi connectivity index (χ0v) is 15.9. The van der Waals surface area contributed by atoms with E-state index in [1.165, 1.54) is 16.7 Å². The fourth-order valence-corrected chi connectivity index (χ4v) is 5.15. The quantitative estimate of drug-likeness (QED) is 0.442. The van der Waals surface area contributed by atoms with E-state index in [1.54, 1.807) is 0 Å². The fourth-order valence-electron chi connectivity index (χ4n) is 2.36. The first kappa shape index (κ1) is 17.3. The van der Waals surface area contributed by atoms with Crippen molar-refractivity contribution in [1.29, 1.82) is 0 Å². The molecular weight excluding hydrogens is 363 g/mol. The molecule has 0 spiro atoms. The maximum atomic E-state index is 2.38. The van der Waals surface area contributed by atoms with E-state index in [4.69, 9.17) is 0 Å². The summed E-state index contributed by atoms with van der Waals surface area (Å²) in [4.78, 5) is 7.13. The molecule has 0 heterocycles. The molecule has 1 heteroatoms. The second-order valence-corrected chi connectivity index (χ2v) is 9.38. The maximum absolute atomic E-state index is 2.38. The molecule has 3 aromatic carbocycles. The van der Waals surface area contributed by atoms with Crippen LogP contribution in [0.3, 0.4) is 0 Å². The first-order valence-electron chi connectivity index (χ1n) is 8.37. The molecule has 0 bridgehead atoms. The van der Waals surface area contributed by atoms with E-state index in [2.05, 4.69) is 124 Å². The molecular formula is C24H21As. The molecule has 3 rings (SSSR count). The molecule has 0 aliphatic heterocycles. The van der Waals surface area contributed by atoms with E-state index in [1.807, 2.05) is 0 Å². The van der Waals surface area contributed by atoms with Gasteiger partial charge in [-0.15, -0.1) is 0 Å². The Hall–Kier alpha value is -2.56. The monoisotopic (exact) mass is 384 g/mol. The summed E-state index contributed by atoms with van der Waals surface area (Å²) in [6.07, 6.45) is 6.72. The van der Waals surface area contributed by atoms with Gasteiger partial charge in [0.1, 0.15) is 0 Å². The molecule has 0 saturated carbocycles. The molecule has 0 unspecified atom stereocenters. The number of hydrogen-bond acceptors (Lipinski definition) is 0. The molecule has 25 heavy (non-hydrogen) atoms. The summed E-state index contributed by atoms with van der Waals surface area (Å²) >= 11 is -1.36. The molecule has 0 amide bonds. The van der Waals surface area contributed by atoms with Crippen LogP contribution in [-0.4, -0.2) is 14.7 Å². The number of benzene rings is 3. The van der Waals surface area contributed by atoms with Gasteiger partial charge in [-0.3, -0.25) is 0 Å². The molecule has 0 radical (unpaired) electrons. The molecule has 0 aliphatic carbocycles. The fraction of sp³-hybridized carbons (Fsp3) is 0. The second-order valence-electron chi connectivity index (χ2n) is 5.63. The summed E-state index contributed by atoms with van der Waals surface area (Å²) in [6, 6.07) is 31.5. The second kappa shape index (κ2) is 9.67. The Bertz CT molecular complexity index is 713. The predicted molar refractivity (Wildman–Crippen MR) is 112 cm³/mol. The zero-order valence-electron chi connectivity index (χ0n) is 14.1. The van der Waals surface area contributed by atoms with Crippen LogP contribution in [0.1, 0.15) is 16.7 Å². The van der Waals surface area contributed by atoms with E-state index in [9.17, 15) is 0 Å². The Morgan fingerprint density at radius 3 is 0.960 bits per heavy atom. The van der Waals surface area contributed by atoms with Crippen LogP contribution >= 0.6 is 0 Å². The normalized spacial score (nSPS) is 13.0. The molecule has 0 saturated heterocycles. The third kappa shape index (κ3) is 6.10. The first-order valence-corrected chi connectivity index (χ1v) is 11.6. The summed E-state index contributed by atoms with van der Waals surface area (Å²) in [6.45, 7) is 0. The van der Waals surface area contributed by atoms with Crippen LogP contribution in [0.5, 0.6) is 0 Å². The topological polar surface area (TPSA) is 0 Å². The summed E-state index contributed by atoms with van der Waals surface area (Å²) in [5.41, 5.74) is 3.76. The minimum absolute atomic E-state index is 1.25. The van der Waals surface area contributed by atoms with Gasteiger partial charge in [-0.05, 0) is 0 Å².